The fourth-order valence-corrected chi connectivity index (χ4v) is 2.08. The quantitative estimate of drug-likeness (QED) is 0.720. The first kappa shape index (κ1) is 11.1. The zero-order chi connectivity index (χ0) is 12.7. The fourth-order valence-electron chi connectivity index (χ4n) is 1.76. The van der Waals surface area contributed by atoms with E-state index in [1.807, 2.05) is 0 Å². The molecule has 0 aliphatic rings. The number of rotatable bonds is 2. The second-order valence-corrected chi connectivity index (χ2v) is 4.08. The van der Waals surface area contributed by atoms with E-state index in [0.717, 1.165) is 0 Å². The Morgan fingerprint density at radius 3 is 2.94 bits per heavy atom. The lowest BCUT2D eigenvalue weighted by molar-refractivity contribution is 0.281. The van der Waals surface area contributed by atoms with Crippen molar-refractivity contribution in [1.29, 1.82) is 0 Å². The molecule has 2 N–H and O–H groups in total. The number of fused-ring (bicyclic) bond motifs is 1. The van der Waals surface area contributed by atoms with Gasteiger partial charge in [-0.05, 0) is 6.92 Å². The van der Waals surface area contributed by atoms with Crippen LogP contribution in [0.15, 0.2) is 12.7 Å². The van der Waals surface area contributed by atoms with Crippen LogP contribution in [0.3, 0.4) is 0 Å². The van der Waals surface area contributed by atoms with Crippen LogP contribution >= 0.6 is 11.6 Å². The van der Waals surface area contributed by atoms with Crippen molar-refractivity contribution in [2.75, 3.05) is 0 Å². The number of aromatic nitrogens is 6. The van der Waals surface area contributed by atoms with Gasteiger partial charge in [0.25, 0.3) is 0 Å². The average Bonchev–Trinajstić information content (AvgIpc) is 2.94. The summed E-state index contributed by atoms with van der Waals surface area (Å²) in [5.74, 6) is 0.505. The summed E-state index contributed by atoms with van der Waals surface area (Å²) >= 11 is 6.18. The van der Waals surface area contributed by atoms with Gasteiger partial charge in [0.2, 0.25) is 0 Å². The second kappa shape index (κ2) is 4.04. The number of aromatic amines is 1. The van der Waals surface area contributed by atoms with E-state index in [1.54, 1.807) is 6.92 Å². The van der Waals surface area contributed by atoms with Crippen LogP contribution in [0.25, 0.3) is 17.0 Å². The average molecular weight is 265 g/mol. The molecule has 0 radical (unpaired) electrons. The van der Waals surface area contributed by atoms with Crippen LogP contribution < -0.4 is 0 Å². The van der Waals surface area contributed by atoms with Gasteiger partial charge in [-0.3, -0.25) is 0 Å². The van der Waals surface area contributed by atoms with E-state index in [0.29, 0.717) is 33.4 Å². The van der Waals surface area contributed by atoms with Gasteiger partial charge in [-0.1, -0.05) is 11.6 Å². The van der Waals surface area contributed by atoms with Crippen molar-refractivity contribution in [1.82, 2.24) is 29.7 Å². The second-order valence-electron chi connectivity index (χ2n) is 3.72. The maximum absolute atomic E-state index is 9.24. The minimum atomic E-state index is -0.165. The zero-order valence-corrected chi connectivity index (χ0v) is 10.2. The SMILES string of the molecule is Cc1nn(-c2ncnc3nc[nH]c23)c(Cl)c1CO. The molecule has 0 bridgehead atoms. The molecule has 0 aliphatic carbocycles. The molecule has 3 rings (SSSR count). The van der Waals surface area contributed by atoms with Gasteiger partial charge in [0.05, 0.1) is 18.6 Å². The maximum Gasteiger partial charge on any atom is 0.184 e. The van der Waals surface area contributed by atoms with E-state index in [1.165, 1.54) is 17.3 Å². The molecule has 0 unspecified atom stereocenters. The van der Waals surface area contributed by atoms with Gasteiger partial charge in [0.1, 0.15) is 17.0 Å². The summed E-state index contributed by atoms with van der Waals surface area (Å²) in [7, 11) is 0. The van der Waals surface area contributed by atoms with Crippen molar-refractivity contribution >= 4 is 22.8 Å². The number of H-pyrrole nitrogens is 1. The topological polar surface area (TPSA) is 92.5 Å². The first-order chi connectivity index (χ1) is 8.72. The highest BCUT2D eigenvalue weighted by molar-refractivity contribution is 6.30. The molecule has 0 fully saturated rings. The molecular formula is C10H9ClN6O. The third-order valence-corrected chi connectivity index (χ3v) is 3.07. The Morgan fingerprint density at radius 1 is 1.39 bits per heavy atom. The lowest BCUT2D eigenvalue weighted by Gasteiger charge is -2.02. The molecule has 3 aromatic rings. The predicted octanol–water partition coefficient (Wildman–Crippen LogP) is 0.993. The monoisotopic (exact) mass is 264 g/mol. The first-order valence-corrected chi connectivity index (χ1v) is 5.59. The molecule has 0 saturated carbocycles. The van der Waals surface area contributed by atoms with E-state index >= 15 is 0 Å². The molecule has 3 heterocycles. The Hall–Kier alpha value is -1.99. The molecule has 92 valence electrons. The fraction of sp³-hybridized carbons (Fsp3) is 0.200. The highest BCUT2D eigenvalue weighted by Crippen LogP contribution is 2.24. The maximum atomic E-state index is 9.24. The molecule has 0 saturated heterocycles. The number of aryl methyl sites for hydroxylation is 1. The van der Waals surface area contributed by atoms with Crippen LogP contribution in [0.1, 0.15) is 11.3 Å². The Morgan fingerprint density at radius 2 is 2.22 bits per heavy atom. The number of nitrogens with zero attached hydrogens (tertiary/aromatic N) is 5. The molecule has 8 heteroatoms. The number of imidazole rings is 1. The van der Waals surface area contributed by atoms with Gasteiger partial charge >= 0.3 is 0 Å². The Kier molecular flexibility index (Phi) is 2.49. The highest BCUT2D eigenvalue weighted by Gasteiger charge is 2.17. The molecule has 0 aliphatic heterocycles. The summed E-state index contributed by atoms with van der Waals surface area (Å²) in [5.41, 5.74) is 2.43. The van der Waals surface area contributed by atoms with Crippen LogP contribution in [0.5, 0.6) is 0 Å². The summed E-state index contributed by atoms with van der Waals surface area (Å²) < 4.78 is 1.46. The van der Waals surface area contributed by atoms with Crippen molar-refractivity contribution in [2.24, 2.45) is 0 Å². The van der Waals surface area contributed by atoms with E-state index < -0.39 is 0 Å². The van der Waals surface area contributed by atoms with Crippen LogP contribution in [-0.4, -0.2) is 34.8 Å². The predicted molar refractivity (Wildman–Crippen MR) is 64.5 cm³/mol. The smallest absolute Gasteiger partial charge is 0.184 e. The number of hydrogen-bond acceptors (Lipinski definition) is 5. The van der Waals surface area contributed by atoms with Crippen molar-refractivity contribution in [3.8, 4) is 5.82 Å². The van der Waals surface area contributed by atoms with Gasteiger partial charge in [-0.25, -0.2) is 19.6 Å². The van der Waals surface area contributed by atoms with E-state index in [4.69, 9.17) is 11.6 Å². The van der Waals surface area contributed by atoms with Crippen molar-refractivity contribution in [2.45, 2.75) is 13.5 Å². The largest absolute Gasteiger partial charge is 0.391 e. The summed E-state index contributed by atoms with van der Waals surface area (Å²) in [6.45, 7) is 1.61. The number of hydrogen-bond donors (Lipinski definition) is 2. The summed E-state index contributed by atoms with van der Waals surface area (Å²) in [4.78, 5) is 15.2. The van der Waals surface area contributed by atoms with Gasteiger partial charge in [0.15, 0.2) is 11.5 Å². The van der Waals surface area contributed by atoms with Crippen molar-refractivity contribution in [3.05, 3.63) is 29.1 Å². The Labute approximate surface area is 106 Å². The van der Waals surface area contributed by atoms with Gasteiger partial charge in [-0.15, -0.1) is 0 Å². The highest BCUT2D eigenvalue weighted by atomic mass is 35.5. The molecule has 0 spiro atoms. The number of halogens is 1. The van der Waals surface area contributed by atoms with Crippen LogP contribution in [-0.2, 0) is 6.61 Å². The molecule has 3 aromatic heterocycles. The van der Waals surface area contributed by atoms with Gasteiger partial charge < -0.3 is 10.1 Å². The van der Waals surface area contributed by atoms with E-state index in [2.05, 4.69) is 25.0 Å². The van der Waals surface area contributed by atoms with E-state index in [9.17, 15) is 5.11 Å². The molecule has 0 amide bonds. The normalized spacial score (nSPS) is 11.3. The lowest BCUT2D eigenvalue weighted by atomic mass is 10.3. The number of aliphatic hydroxyl groups is 1. The summed E-state index contributed by atoms with van der Waals surface area (Å²) in [6.07, 6.45) is 2.92. The number of nitrogens with one attached hydrogen (secondary N) is 1. The van der Waals surface area contributed by atoms with Gasteiger partial charge in [-0.2, -0.15) is 5.10 Å². The first-order valence-electron chi connectivity index (χ1n) is 5.21. The van der Waals surface area contributed by atoms with E-state index in [-0.39, 0.29) is 6.61 Å². The van der Waals surface area contributed by atoms with Crippen molar-refractivity contribution in [3.63, 3.8) is 0 Å². The van der Waals surface area contributed by atoms with Gasteiger partial charge in [0, 0.05) is 5.56 Å². The number of aliphatic hydroxyl groups excluding tert-OH is 1. The molecule has 0 aromatic carbocycles. The minimum absolute atomic E-state index is 0.165. The molecular weight excluding hydrogens is 256 g/mol. The molecule has 18 heavy (non-hydrogen) atoms. The summed E-state index contributed by atoms with van der Waals surface area (Å²) in [6, 6.07) is 0. The Bertz CT molecular complexity index is 718. The van der Waals surface area contributed by atoms with Crippen LogP contribution in [0.2, 0.25) is 5.15 Å². The van der Waals surface area contributed by atoms with Crippen molar-refractivity contribution < 1.29 is 5.11 Å². The third kappa shape index (κ3) is 1.48. The lowest BCUT2D eigenvalue weighted by Crippen LogP contribution is -2.02. The molecule has 7 nitrogen and oxygen atoms in total. The minimum Gasteiger partial charge on any atom is -0.391 e. The molecule has 0 atom stereocenters. The third-order valence-electron chi connectivity index (χ3n) is 2.68. The Balaban J connectivity index is 2.29. The van der Waals surface area contributed by atoms with Crippen LogP contribution in [0, 0.1) is 6.92 Å². The summed E-state index contributed by atoms with van der Waals surface area (Å²) in [5, 5.41) is 13.8. The standard InChI is InChI=1S/C10H9ClN6O/c1-5-6(2-18)8(11)17(16-5)10-7-9(13-3-12-7)14-4-15-10/h3-4,18H,2H2,1H3,(H,12,13,14,15). The van der Waals surface area contributed by atoms with Crippen LogP contribution in [0.4, 0.5) is 0 Å². The zero-order valence-electron chi connectivity index (χ0n) is 9.42.